The first-order chi connectivity index (χ1) is 5.65. The third kappa shape index (κ3) is 1.99. The van der Waals surface area contributed by atoms with Crippen LogP contribution in [-0.4, -0.2) is 12.8 Å². The van der Waals surface area contributed by atoms with E-state index in [4.69, 9.17) is 23.2 Å². The zero-order valence-corrected chi connectivity index (χ0v) is 8.45. The predicted molar refractivity (Wildman–Crippen MR) is 54.6 cm³/mol. The van der Waals surface area contributed by atoms with Gasteiger partial charge in [-0.3, -0.25) is 4.99 Å². The van der Waals surface area contributed by atoms with Crippen LogP contribution >= 0.6 is 23.2 Å². The van der Waals surface area contributed by atoms with Gasteiger partial charge >= 0.3 is 0 Å². The minimum absolute atomic E-state index is 0.678. The van der Waals surface area contributed by atoms with E-state index in [0.717, 1.165) is 11.3 Å². The summed E-state index contributed by atoms with van der Waals surface area (Å²) < 4.78 is 0. The van der Waals surface area contributed by atoms with Crippen molar-refractivity contribution in [1.82, 2.24) is 0 Å². The van der Waals surface area contributed by atoms with Crippen molar-refractivity contribution in [1.29, 1.82) is 0 Å². The first kappa shape index (κ1) is 9.56. The maximum absolute atomic E-state index is 5.93. The van der Waals surface area contributed by atoms with Gasteiger partial charge in [-0.1, -0.05) is 23.2 Å². The van der Waals surface area contributed by atoms with Crippen LogP contribution in [0.5, 0.6) is 0 Å². The van der Waals surface area contributed by atoms with E-state index in [9.17, 15) is 0 Å². The Hall–Kier alpha value is -0.530. The van der Waals surface area contributed by atoms with E-state index in [2.05, 4.69) is 4.99 Å². The Morgan fingerprint density at radius 2 is 2.00 bits per heavy atom. The summed E-state index contributed by atoms with van der Waals surface area (Å²) in [5, 5.41) is 1.36. The molecule has 0 aromatic heterocycles. The van der Waals surface area contributed by atoms with E-state index < -0.39 is 0 Å². The molecule has 64 valence electrons. The van der Waals surface area contributed by atoms with Gasteiger partial charge < -0.3 is 0 Å². The first-order valence-electron chi connectivity index (χ1n) is 3.54. The summed E-state index contributed by atoms with van der Waals surface area (Å²) in [6, 6.07) is 5.34. The highest BCUT2D eigenvalue weighted by molar-refractivity contribution is 6.36. The average molecular weight is 202 g/mol. The fraction of sp³-hybridized carbons (Fsp3) is 0.222. The molecule has 0 aliphatic heterocycles. The lowest BCUT2D eigenvalue weighted by molar-refractivity contribution is 1.41. The molecular formula is C9H9Cl2N. The van der Waals surface area contributed by atoms with Gasteiger partial charge in [0, 0.05) is 28.4 Å². The zero-order chi connectivity index (χ0) is 9.14. The summed E-state index contributed by atoms with van der Waals surface area (Å²) in [5.74, 6) is 0. The molecule has 0 fully saturated rings. The maximum Gasteiger partial charge on any atom is 0.0497 e. The quantitative estimate of drug-likeness (QED) is 0.618. The van der Waals surface area contributed by atoms with E-state index in [1.807, 2.05) is 13.0 Å². The van der Waals surface area contributed by atoms with E-state index in [0.29, 0.717) is 10.0 Å². The van der Waals surface area contributed by atoms with Gasteiger partial charge in [-0.25, -0.2) is 0 Å². The number of rotatable bonds is 1. The van der Waals surface area contributed by atoms with Gasteiger partial charge in [-0.2, -0.15) is 0 Å². The van der Waals surface area contributed by atoms with Crippen molar-refractivity contribution in [2.45, 2.75) is 6.92 Å². The van der Waals surface area contributed by atoms with Crippen LogP contribution in [0.25, 0.3) is 0 Å². The van der Waals surface area contributed by atoms with Crippen molar-refractivity contribution in [3.8, 4) is 0 Å². The number of hydrogen-bond acceptors (Lipinski definition) is 1. The lowest BCUT2D eigenvalue weighted by Gasteiger charge is -2.02. The summed E-state index contributed by atoms with van der Waals surface area (Å²) in [7, 11) is 1.73. The fourth-order valence-corrected chi connectivity index (χ4v) is 1.32. The number of nitrogens with zero attached hydrogens (tertiary/aromatic N) is 1. The molecule has 0 bridgehead atoms. The monoisotopic (exact) mass is 201 g/mol. The fourth-order valence-electron chi connectivity index (χ4n) is 0.895. The summed E-state index contributed by atoms with van der Waals surface area (Å²) in [4.78, 5) is 4.03. The molecular weight excluding hydrogens is 193 g/mol. The van der Waals surface area contributed by atoms with Crippen molar-refractivity contribution in [3.05, 3.63) is 33.8 Å². The van der Waals surface area contributed by atoms with Crippen molar-refractivity contribution in [3.63, 3.8) is 0 Å². The van der Waals surface area contributed by atoms with Gasteiger partial charge in [0.05, 0.1) is 0 Å². The number of halogens is 2. The Labute approximate surface area is 82.0 Å². The maximum atomic E-state index is 5.93. The Morgan fingerprint density at radius 3 is 2.58 bits per heavy atom. The van der Waals surface area contributed by atoms with Crippen LogP contribution in [-0.2, 0) is 0 Å². The van der Waals surface area contributed by atoms with Gasteiger partial charge in [0.1, 0.15) is 0 Å². The lowest BCUT2D eigenvalue weighted by Crippen LogP contribution is -1.94. The highest BCUT2D eigenvalue weighted by atomic mass is 35.5. The molecule has 0 radical (unpaired) electrons. The van der Waals surface area contributed by atoms with Crippen LogP contribution in [0.4, 0.5) is 0 Å². The molecule has 3 heteroatoms. The van der Waals surface area contributed by atoms with Gasteiger partial charge in [0.15, 0.2) is 0 Å². The second-order valence-corrected chi connectivity index (χ2v) is 3.28. The molecule has 1 aromatic rings. The summed E-state index contributed by atoms with van der Waals surface area (Å²) in [5.41, 5.74) is 1.79. The number of aliphatic imine (C=N–C) groups is 1. The van der Waals surface area contributed by atoms with E-state index in [-0.39, 0.29) is 0 Å². The smallest absolute Gasteiger partial charge is 0.0497 e. The molecule has 0 aliphatic carbocycles. The minimum Gasteiger partial charge on any atom is -0.293 e. The van der Waals surface area contributed by atoms with E-state index in [1.165, 1.54) is 0 Å². The molecule has 1 rings (SSSR count). The van der Waals surface area contributed by atoms with Crippen LogP contribution in [0.1, 0.15) is 12.5 Å². The third-order valence-corrected chi connectivity index (χ3v) is 2.22. The first-order valence-corrected chi connectivity index (χ1v) is 4.29. The normalized spacial score (nSPS) is 11.8. The summed E-state index contributed by atoms with van der Waals surface area (Å²) in [6.07, 6.45) is 0. The SMILES string of the molecule is CN=C(C)c1cc(Cl)ccc1Cl. The van der Waals surface area contributed by atoms with Crippen LogP contribution < -0.4 is 0 Å². The molecule has 0 unspecified atom stereocenters. The molecule has 0 heterocycles. The van der Waals surface area contributed by atoms with Crippen molar-refractivity contribution in [2.24, 2.45) is 4.99 Å². The molecule has 0 saturated carbocycles. The third-order valence-electron chi connectivity index (χ3n) is 1.65. The van der Waals surface area contributed by atoms with Crippen LogP contribution in [0, 0.1) is 0 Å². The largest absolute Gasteiger partial charge is 0.293 e. The summed E-state index contributed by atoms with van der Waals surface area (Å²) in [6.45, 7) is 1.90. The van der Waals surface area contributed by atoms with Crippen molar-refractivity contribution >= 4 is 28.9 Å². The molecule has 0 aliphatic rings. The van der Waals surface area contributed by atoms with Crippen molar-refractivity contribution in [2.75, 3.05) is 7.05 Å². The Kier molecular flexibility index (Phi) is 3.12. The topological polar surface area (TPSA) is 12.4 Å². The molecule has 0 amide bonds. The molecule has 0 spiro atoms. The van der Waals surface area contributed by atoms with Crippen molar-refractivity contribution < 1.29 is 0 Å². The number of hydrogen-bond donors (Lipinski definition) is 0. The molecule has 0 N–H and O–H groups in total. The second-order valence-electron chi connectivity index (χ2n) is 2.43. The summed E-state index contributed by atoms with van der Waals surface area (Å²) >= 11 is 11.7. The van der Waals surface area contributed by atoms with Gasteiger partial charge in [-0.15, -0.1) is 0 Å². The predicted octanol–water partition coefficient (Wildman–Crippen LogP) is 3.43. The lowest BCUT2D eigenvalue weighted by atomic mass is 10.1. The molecule has 1 aromatic carbocycles. The van der Waals surface area contributed by atoms with E-state index in [1.54, 1.807) is 19.2 Å². The highest BCUT2D eigenvalue weighted by Crippen LogP contribution is 2.21. The molecule has 12 heavy (non-hydrogen) atoms. The zero-order valence-electron chi connectivity index (χ0n) is 6.94. The Bertz CT molecular complexity index is 318. The second kappa shape index (κ2) is 3.92. The van der Waals surface area contributed by atoms with Gasteiger partial charge in [-0.05, 0) is 25.1 Å². The minimum atomic E-state index is 0.678. The van der Waals surface area contributed by atoms with Crippen LogP contribution in [0.2, 0.25) is 10.0 Å². The molecule has 1 nitrogen and oxygen atoms in total. The Morgan fingerprint density at radius 1 is 1.33 bits per heavy atom. The van der Waals surface area contributed by atoms with Crippen LogP contribution in [0.3, 0.4) is 0 Å². The standard InChI is InChI=1S/C9H9Cl2N/c1-6(12-2)8-5-7(10)3-4-9(8)11/h3-5H,1-2H3. The van der Waals surface area contributed by atoms with Gasteiger partial charge in [0.2, 0.25) is 0 Å². The van der Waals surface area contributed by atoms with E-state index >= 15 is 0 Å². The van der Waals surface area contributed by atoms with Crippen LogP contribution in [0.15, 0.2) is 23.2 Å². The molecule has 0 atom stereocenters. The Balaban J connectivity index is 3.23. The number of benzene rings is 1. The van der Waals surface area contributed by atoms with Gasteiger partial charge in [0.25, 0.3) is 0 Å². The average Bonchev–Trinajstić information content (AvgIpc) is 2.08. The molecule has 0 saturated heterocycles. The highest BCUT2D eigenvalue weighted by Gasteiger charge is 2.02.